The number of carbonyl (C=O) groups excluding carboxylic acids is 1. The van der Waals surface area contributed by atoms with Gasteiger partial charge in [-0.2, -0.15) is 0 Å². The predicted octanol–water partition coefficient (Wildman–Crippen LogP) is 6.48. The normalized spacial score (nSPS) is 13.8. The molecule has 1 heterocycles. The number of fused-ring (bicyclic) bond motifs is 1. The van der Waals surface area contributed by atoms with Crippen molar-refractivity contribution in [3.8, 4) is 11.1 Å². The first kappa shape index (κ1) is 21.8. The molecule has 1 aliphatic rings. The lowest BCUT2D eigenvalue weighted by atomic mass is 10.0. The lowest BCUT2D eigenvalue weighted by Gasteiger charge is -2.31. The van der Waals surface area contributed by atoms with Crippen LogP contribution in [0.1, 0.15) is 10.4 Å². The van der Waals surface area contributed by atoms with Crippen molar-refractivity contribution < 1.29 is 4.79 Å². The predicted molar refractivity (Wildman–Crippen MR) is 139 cm³/mol. The molecule has 166 valence electrons. The SMILES string of the molecule is O=C(Nc1cc(-c2cccc(Cl)c2Cl)ccc1N1CCNCC1)c1cccc2ccccc12. The maximum atomic E-state index is 13.4. The van der Waals surface area contributed by atoms with E-state index in [1.165, 1.54) is 0 Å². The molecule has 0 atom stereocenters. The van der Waals surface area contributed by atoms with Gasteiger partial charge < -0.3 is 15.5 Å². The van der Waals surface area contributed by atoms with Gasteiger partial charge in [-0.1, -0.05) is 77.8 Å². The Hall–Kier alpha value is -3.05. The van der Waals surface area contributed by atoms with E-state index in [0.29, 0.717) is 15.6 Å². The summed E-state index contributed by atoms with van der Waals surface area (Å²) in [6.45, 7) is 3.54. The number of anilines is 2. The lowest BCUT2D eigenvalue weighted by molar-refractivity contribution is 0.102. The highest BCUT2D eigenvalue weighted by Gasteiger charge is 2.19. The number of hydrogen-bond acceptors (Lipinski definition) is 3. The van der Waals surface area contributed by atoms with Gasteiger partial charge in [0.15, 0.2) is 0 Å². The number of hydrogen-bond donors (Lipinski definition) is 2. The maximum Gasteiger partial charge on any atom is 0.256 e. The van der Waals surface area contributed by atoms with E-state index in [1.807, 2.05) is 66.7 Å². The van der Waals surface area contributed by atoms with Gasteiger partial charge in [-0.25, -0.2) is 0 Å². The van der Waals surface area contributed by atoms with Crippen LogP contribution in [0.15, 0.2) is 78.9 Å². The van der Waals surface area contributed by atoms with Gasteiger partial charge in [-0.15, -0.1) is 0 Å². The summed E-state index contributed by atoms with van der Waals surface area (Å²) >= 11 is 12.8. The molecule has 33 heavy (non-hydrogen) atoms. The molecular weight excluding hydrogens is 453 g/mol. The van der Waals surface area contributed by atoms with E-state index in [2.05, 4.69) is 21.6 Å². The minimum Gasteiger partial charge on any atom is -0.367 e. The van der Waals surface area contributed by atoms with Gasteiger partial charge in [0.2, 0.25) is 0 Å². The first-order valence-corrected chi connectivity index (χ1v) is 11.7. The van der Waals surface area contributed by atoms with Gasteiger partial charge in [0.1, 0.15) is 0 Å². The van der Waals surface area contributed by atoms with Crippen molar-refractivity contribution in [3.63, 3.8) is 0 Å². The Morgan fingerprint density at radius 2 is 1.64 bits per heavy atom. The molecule has 1 aliphatic heterocycles. The second kappa shape index (κ2) is 9.44. The highest BCUT2D eigenvalue weighted by Crippen LogP contribution is 2.37. The largest absolute Gasteiger partial charge is 0.367 e. The van der Waals surface area contributed by atoms with E-state index in [4.69, 9.17) is 23.2 Å². The Bertz CT molecular complexity index is 1330. The molecule has 1 amide bonds. The number of halogens is 2. The van der Waals surface area contributed by atoms with E-state index in [9.17, 15) is 4.79 Å². The summed E-state index contributed by atoms with van der Waals surface area (Å²) in [5.41, 5.74) is 4.12. The van der Waals surface area contributed by atoms with Crippen LogP contribution in [0.25, 0.3) is 21.9 Å². The van der Waals surface area contributed by atoms with Crippen LogP contribution in [0, 0.1) is 0 Å². The fourth-order valence-corrected chi connectivity index (χ4v) is 4.73. The highest BCUT2D eigenvalue weighted by molar-refractivity contribution is 6.43. The average molecular weight is 476 g/mol. The zero-order valence-electron chi connectivity index (χ0n) is 17.9. The number of benzene rings is 4. The number of piperazine rings is 1. The van der Waals surface area contributed by atoms with Gasteiger partial charge in [0.25, 0.3) is 5.91 Å². The number of carbonyl (C=O) groups is 1. The van der Waals surface area contributed by atoms with Crippen LogP contribution in [-0.2, 0) is 0 Å². The van der Waals surface area contributed by atoms with Gasteiger partial charge >= 0.3 is 0 Å². The van der Waals surface area contributed by atoms with Crippen molar-refractivity contribution in [2.24, 2.45) is 0 Å². The van der Waals surface area contributed by atoms with Crippen LogP contribution in [0.2, 0.25) is 10.0 Å². The second-order valence-corrected chi connectivity index (χ2v) is 8.84. The molecule has 1 fully saturated rings. The number of rotatable bonds is 4. The number of nitrogens with zero attached hydrogens (tertiary/aromatic N) is 1. The van der Waals surface area contributed by atoms with E-state index in [1.54, 1.807) is 6.07 Å². The summed E-state index contributed by atoms with van der Waals surface area (Å²) in [5.74, 6) is -0.141. The summed E-state index contributed by atoms with van der Waals surface area (Å²) in [4.78, 5) is 15.7. The standard InChI is InChI=1S/C27H23Cl2N3O/c28-23-10-4-8-21(26(23)29)19-11-12-25(32-15-13-30-14-16-32)24(17-19)31-27(33)22-9-3-6-18-5-1-2-7-20(18)22/h1-12,17,30H,13-16H2,(H,31,33). The van der Waals surface area contributed by atoms with Crippen molar-refractivity contribution in [2.45, 2.75) is 0 Å². The zero-order valence-corrected chi connectivity index (χ0v) is 19.5. The molecule has 1 saturated heterocycles. The summed E-state index contributed by atoms with van der Waals surface area (Å²) in [6.07, 6.45) is 0. The Morgan fingerprint density at radius 1 is 0.879 bits per heavy atom. The van der Waals surface area contributed by atoms with Crippen molar-refractivity contribution in [1.29, 1.82) is 0 Å². The fourth-order valence-electron chi connectivity index (χ4n) is 4.32. The summed E-state index contributed by atoms with van der Waals surface area (Å²) in [6, 6.07) is 25.4. The van der Waals surface area contributed by atoms with Gasteiger partial charge in [0, 0.05) is 37.3 Å². The molecular formula is C27H23Cl2N3O. The van der Waals surface area contributed by atoms with Crippen molar-refractivity contribution >= 4 is 51.3 Å². The third-order valence-electron chi connectivity index (χ3n) is 6.00. The van der Waals surface area contributed by atoms with E-state index < -0.39 is 0 Å². The molecule has 4 nitrogen and oxygen atoms in total. The van der Waals surface area contributed by atoms with Crippen LogP contribution in [0.3, 0.4) is 0 Å². The quantitative estimate of drug-likeness (QED) is 0.355. The Morgan fingerprint density at radius 3 is 2.48 bits per heavy atom. The molecule has 5 rings (SSSR count). The smallest absolute Gasteiger partial charge is 0.256 e. The first-order valence-electron chi connectivity index (χ1n) is 10.9. The minimum absolute atomic E-state index is 0.141. The molecule has 0 spiro atoms. The van der Waals surface area contributed by atoms with Gasteiger partial charge in [-0.05, 0) is 40.6 Å². The van der Waals surface area contributed by atoms with Crippen LogP contribution in [0.4, 0.5) is 11.4 Å². The number of nitrogens with one attached hydrogen (secondary N) is 2. The van der Waals surface area contributed by atoms with Crippen molar-refractivity contribution in [2.75, 3.05) is 36.4 Å². The van der Waals surface area contributed by atoms with Crippen molar-refractivity contribution in [1.82, 2.24) is 5.32 Å². The monoisotopic (exact) mass is 475 g/mol. The molecule has 0 radical (unpaired) electrons. The van der Waals surface area contributed by atoms with E-state index >= 15 is 0 Å². The fraction of sp³-hybridized carbons (Fsp3) is 0.148. The second-order valence-electron chi connectivity index (χ2n) is 8.05. The van der Waals surface area contributed by atoms with Gasteiger partial charge in [0.05, 0.1) is 21.4 Å². The molecule has 2 N–H and O–H groups in total. The molecule has 6 heteroatoms. The molecule has 0 unspecified atom stereocenters. The Balaban J connectivity index is 1.57. The molecule has 4 aromatic carbocycles. The number of amides is 1. The summed E-state index contributed by atoms with van der Waals surface area (Å²) in [5, 5.41) is 9.53. The molecule has 0 bridgehead atoms. The third-order valence-corrected chi connectivity index (χ3v) is 6.82. The highest BCUT2D eigenvalue weighted by atomic mass is 35.5. The molecule has 0 saturated carbocycles. The Labute approximate surface area is 203 Å². The average Bonchev–Trinajstić information content (AvgIpc) is 2.86. The maximum absolute atomic E-state index is 13.4. The summed E-state index contributed by atoms with van der Waals surface area (Å²) < 4.78 is 0. The van der Waals surface area contributed by atoms with E-state index in [0.717, 1.165) is 59.5 Å². The van der Waals surface area contributed by atoms with Crippen LogP contribution >= 0.6 is 23.2 Å². The van der Waals surface area contributed by atoms with E-state index in [-0.39, 0.29) is 5.91 Å². The van der Waals surface area contributed by atoms with Crippen LogP contribution < -0.4 is 15.5 Å². The topological polar surface area (TPSA) is 44.4 Å². The third kappa shape index (κ3) is 4.42. The van der Waals surface area contributed by atoms with Crippen LogP contribution in [0.5, 0.6) is 0 Å². The lowest BCUT2D eigenvalue weighted by Crippen LogP contribution is -2.43. The first-order chi connectivity index (χ1) is 16.1. The molecule has 0 aromatic heterocycles. The Kier molecular flexibility index (Phi) is 6.23. The zero-order chi connectivity index (χ0) is 22.8. The molecule has 0 aliphatic carbocycles. The van der Waals surface area contributed by atoms with Crippen molar-refractivity contribution in [3.05, 3.63) is 94.5 Å². The van der Waals surface area contributed by atoms with Crippen LogP contribution in [-0.4, -0.2) is 32.1 Å². The van der Waals surface area contributed by atoms with Gasteiger partial charge in [-0.3, -0.25) is 4.79 Å². The summed E-state index contributed by atoms with van der Waals surface area (Å²) in [7, 11) is 0. The minimum atomic E-state index is -0.141. The molecule has 4 aromatic rings.